The van der Waals surface area contributed by atoms with Gasteiger partial charge in [0.05, 0.1) is 6.20 Å². The number of benzene rings is 1. The van der Waals surface area contributed by atoms with Crippen molar-refractivity contribution in [2.24, 2.45) is 0 Å². The predicted molar refractivity (Wildman–Crippen MR) is 115 cm³/mol. The number of para-hydroxylation sites is 1. The third-order valence-electron chi connectivity index (χ3n) is 6.06. The second-order valence-electron chi connectivity index (χ2n) is 7.79. The number of fused-ring (bicyclic) bond motifs is 1. The number of hydrogen-bond acceptors (Lipinski definition) is 2. The first-order valence-corrected chi connectivity index (χ1v) is 10.4. The number of aromatic amines is 2. The second kappa shape index (κ2) is 7.68. The minimum Gasteiger partial charge on any atom is -0.358 e. The molecule has 0 aliphatic carbocycles. The number of quaternary nitrogens is 1. The van der Waals surface area contributed by atoms with Gasteiger partial charge in [-0.3, -0.25) is 9.88 Å². The summed E-state index contributed by atoms with van der Waals surface area (Å²) in [5.41, 5.74) is 4.98. The molecule has 0 unspecified atom stereocenters. The molecule has 0 spiro atoms. The Labute approximate surface area is 171 Å². The third kappa shape index (κ3) is 3.38. The van der Waals surface area contributed by atoms with Gasteiger partial charge in [0.1, 0.15) is 31.9 Å². The summed E-state index contributed by atoms with van der Waals surface area (Å²) in [7, 11) is 0. The molecule has 0 radical (unpaired) electrons. The SMILES string of the molecule is Cc1[nH]c2ccccc2c1[C@@H](c1ccccn1)[NH+]1CCN(c2cccc[nH+]2)CC1. The Morgan fingerprint density at radius 3 is 2.55 bits per heavy atom. The zero-order chi connectivity index (χ0) is 19.6. The Morgan fingerprint density at radius 1 is 1.00 bits per heavy atom. The number of aromatic nitrogens is 3. The van der Waals surface area contributed by atoms with Gasteiger partial charge in [-0.2, -0.15) is 0 Å². The van der Waals surface area contributed by atoms with Gasteiger partial charge in [-0.1, -0.05) is 30.3 Å². The van der Waals surface area contributed by atoms with Gasteiger partial charge in [-0.15, -0.1) is 0 Å². The highest BCUT2D eigenvalue weighted by atomic mass is 15.3. The zero-order valence-electron chi connectivity index (χ0n) is 16.7. The van der Waals surface area contributed by atoms with Crippen LogP contribution in [0.3, 0.4) is 0 Å². The molecular formula is C24H27N5+2. The average Bonchev–Trinajstić information content (AvgIpc) is 3.12. The van der Waals surface area contributed by atoms with Crippen molar-refractivity contribution < 1.29 is 9.88 Å². The Morgan fingerprint density at radius 2 is 1.79 bits per heavy atom. The van der Waals surface area contributed by atoms with Crippen molar-refractivity contribution >= 4 is 16.7 Å². The maximum atomic E-state index is 4.78. The van der Waals surface area contributed by atoms with Crippen molar-refractivity contribution in [3.05, 3.63) is 90.0 Å². The number of hydrogen-bond donors (Lipinski definition) is 2. The number of rotatable bonds is 4. The highest BCUT2D eigenvalue weighted by Crippen LogP contribution is 2.29. The molecule has 4 heterocycles. The van der Waals surface area contributed by atoms with E-state index in [1.807, 2.05) is 24.5 Å². The quantitative estimate of drug-likeness (QED) is 0.566. The molecular weight excluding hydrogens is 358 g/mol. The van der Waals surface area contributed by atoms with E-state index in [0.29, 0.717) is 0 Å². The lowest BCUT2D eigenvalue weighted by Crippen LogP contribution is -3.15. The molecule has 5 rings (SSSR count). The van der Waals surface area contributed by atoms with Crippen LogP contribution < -0.4 is 14.8 Å². The van der Waals surface area contributed by atoms with Gasteiger partial charge in [0, 0.05) is 34.4 Å². The normalized spacial score (nSPS) is 16.2. The van der Waals surface area contributed by atoms with Crippen LogP contribution in [0.1, 0.15) is 23.0 Å². The maximum absolute atomic E-state index is 4.78. The van der Waals surface area contributed by atoms with Crippen LogP contribution in [0.5, 0.6) is 0 Å². The number of pyridine rings is 2. The van der Waals surface area contributed by atoms with Crippen molar-refractivity contribution in [2.45, 2.75) is 13.0 Å². The van der Waals surface area contributed by atoms with Crippen LogP contribution in [0.4, 0.5) is 5.82 Å². The summed E-state index contributed by atoms with van der Waals surface area (Å²) in [5.74, 6) is 1.20. The Balaban J connectivity index is 1.50. The van der Waals surface area contributed by atoms with E-state index >= 15 is 0 Å². The molecule has 1 fully saturated rings. The van der Waals surface area contributed by atoms with Crippen LogP contribution in [0.15, 0.2) is 73.1 Å². The number of piperazine rings is 1. The largest absolute Gasteiger partial charge is 0.358 e. The second-order valence-corrected chi connectivity index (χ2v) is 7.79. The first-order valence-electron chi connectivity index (χ1n) is 10.4. The van der Waals surface area contributed by atoms with Crippen molar-refractivity contribution in [1.82, 2.24) is 9.97 Å². The molecule has 1 aliphatic rings. The van der Waals surface area contributed by atoms with Gasteiger partial charge in [0.15, 0.2) is 6.04 Å². The Bertz CT molecular complexity index is 1080. The Kier molecular flexibility index (Phi) is 4.74. The summed E-state index contributed by atoms with van der Waals surface area (Å²) in [5, 5.41) is 1.31. The maximum Gasteiger partial charge on any atom is 0.274 e. The molecule has 5 nitrogen and oxygen atoms in total. The summed E-state index contributed by atoms with van der Waals surface area (Å²) in [4.78, 5) is 15.8. The van der Waals surface area contributed by atoms with E-state index in [9.17, 15) is 0 Å². The van der Waals surface area contributed by atoms with Gasteiger partial charge in [0.2, 0.25) is 0 Å². The Hall–Kier alpha value is -3.18. The standard InChI is InChI=1S/C24H25N5/c1-18-23(19-8-2-3-9-20(19)27-18)24(21-10-4-6-12-25-21)29-16-14-28(15-17-29)22-11-5-7-13-26-22/h2-13,24,27H,14-17H2,1H3/p+2/t24-/m1/s1. The lowest BCUT2D eigenvalue weighted by Gasteiger charge is -2.34. The molecule has 0 amide bonds. The van der Waals surface area contributed by atoms with Crippen LogP contribution in [-0.4, -0.2) is 36.1 Å². The van der Waals surface area contributed by atoms with Crippen LogP contribution in [0.2, 0.25) is 0 Å². The molecule has 1 aliphatic heterocycles. The van der Waals surface area contributed by atoms with Gasteiger partial charge in [0.25, 0.3) is 5.82 Å². The van der Waals surface area contributed by atoms with Crippen LogP contribution in [-0.2, 0) is 0 Å². The van der Waals surface area contributed by atoms with Gasteiger partial charge >= 0.3 is 0 Å². The van der Waals surface area contributed by atoms with Crippen molar-refractivity contribution in [2.75, 3.05) is 31.1 Å². The molecule has 4 aromatic rings. The molecule has 5 heteroatoms. The van der Waals surface area contributed by atoms with Crippen LogP contribution in [0, 0.1) is 6.92 Å². The fraction of sp³-hybridized carbons (Fsp3) is 0.250. The lowest BCUT2D eigenvalue weighted by atomic mass is 9.97. The van der Waals surface area contributed by atoms with Gasteiger partial charge < -0.3 is 9.88 Å². The van der Waals surface area contributed by atoms with E-state index in [4.69, 9.17) is 4.98 Å². The third-order valence-corrected chi connectivity index (χ3v) is 6.06. The number of nitrogens with one attached hydrogen (secondary N) is 3. The highest BCUT2D eigenvalue weighted by Gasteiger charge is 2.36. The van der Waals surface area contributed by atoms with E-state index < -0.39 is 0 Å². The monoisotopic (exact) mass is 385 g/mol. The number of aryl methyl sites for hydroxylation is 1. The van der Waals surface area contributed by atoms with E-state index in [2.05, 4.69) is 70.3 Å². The van der Waals surface area contributed by atoms with Gasteiger partial charge in [-0.25, -0.2) is 4.98 Å². The zero-order valence-corrected chi connectivity index (χ0v) is 16.7. The molecule has 0 saturated carbocycles. The van der Waals surface area contributed by atoms with Crippen molar-refractivity contribution in [1.29, 1.82) is 0 Å². The summed E-state index contributed by atoms with van der Waals surface area (Å²) >= 11 is 0. The number of nitrogens with zero attached hydrogens (tertiary/aromatic N) is 2. The first kappa shape index (κ1) is 17.9. The molecule has 29 heavy (non-hydrogen) atoms. The van der Waals surface area contributed by atoms with E-state index in [0.717, 1.165) is 31.9 Å². The van der Waals surface area contributed by atoms with E-state index in [-0.39, 0.29) is 6.04 Å². The molecule has 1 atom stereocenters. The summed E-state index contributed by atoms with van der Waals surface area (Å²) in [6, 6.07) is 21.4. The predicted octanol–water partition coefficient (Wildman–Crippen LogP) is 2.18. The topological polar surface area (TPSA) is 50.5 Å². The average molecular weight is 386 g/mol. The lowest BCUT2D eigenvalue weighted by molar-refractivity contribution is -0.926. The fourth-order valence-electron chi connectivity index (χ4n) is 4.68. The molecule has 146 valence electrons. The van der Waals surface area contributed by atoms with E-state index in [1.54, 1.807) is 4.90 Å². The highest BCUT2D eigenvalue weighted by molar-refractivity contribution is 5.85. The fourth-order valence-corrected chi connectivity index (χ4v) is 4.68. The molecule has 1 aromatic carbocycles. The summed E-state index contributed by atoms with van der Waals surface area (Å²) in [6.07, 6.45) is 3.92. The minimum absolute atomic E-state index is 0.231. The molecule has 3 aromatic heterocycles. The molecule has 1 saturated heterocycles. The van der Waals surface area contributed by atoms with Crippen LogP contribution in [0.25, 0.3) is 10.9 Å². The number of H-pyrrole nitrogens is 2. The van der Waals surface area contributed by atoms with Gasteiger partial charge in [-0.05, 0) is 31.2 Å². The minimum atomic E-state index is 0.231. The van der Waals surface area contributed by atoms with Crippen molar-refractivity contribution in [3.63, 3.8) is 0 Å². The van der Waals surface area contributed by atoms with Crippen LogP contribution >= 0.6 is 0 Å². The van der Waals surface area contributed by atoms with E-state index in [1.165, 1.54) is 28.0 Å². The number of anilines is 1. The molecule has 0 bridgehead atoms. The van der Waals surface area contributed by atoms with Crippen molar-refractivity contribution in [3.8, 4) is 0 Å². The summed E-state index contributed by atoms with van der Waals surface area (Å²) < 4.78 is 0. The first-order chi connectivity index (χ1) is 14.3. The summed E-state index contributed by atoms with van der Waals surface area (Å²) in [6.45, 7) is 6.40. The molecule has 3 N–H and O–H groups in total. The smallest absolute Gasteiger partial charge is 0.274 e.